The number of nitrogens with zero attached hydrogens (tertiary/aromatic N) is 3. The molecule has 0 unspecified atom stereocenters. The van der Waals surface area contributed by atoms with Crippen LogP contribution in [0.25, 0.3) is 0 Å². The third-order valence-electron chi connectivity index (χ3n) is 3.14. The van der Waals surface area contributed by atoms with Crippen LogP contribution < -0.4 is 9.47 Å². The van der Waals surface area contributed by atoms with Crippen molar-refractivity contribution in [2.24, 2.45) is 0 Å². The molecule has 6 heteroatoms. The lowest BCUT2D eigenvalue weighted by atomic mass is 10.3. The molecule has 0 radical (unpaired) electrons. The van der Waals surface area contributed by atoms with Crippen LogP contribution in [0.4, 0.5) is 0 Å². The SMILES string of the molecule is CCCCn1nnc(C=O)c1COc1ccccc1OC. The van der Waals surface area contributed by atoms with Crippen molar-refractivity contribution < 1.29 is 14.3 Å². The Labute approximate surface area is 123 Å². The van der Waals surface area contributed by atoms with E-state index in [9.17, 15) is 4.79 Å². The van der Waals surface area contributed by atoms with E-state index in [2.05, 4.69) is 17.2 Å². The maximum absolute atomic E-state index is 11.1. The zero-order valence-corrected chi connectivity index (χ0v) is 12.3. The number of unbranched alkanes of at least 4 members (excludes halogenated alkanes) is 1. The predicted molar refractivity (Wildman–Crippen MR) is 77.6 cm³/mol. The molecular weight excluding hydrogens is 270 g/mol. The molecule has 0 saturated heterocycles. The number of aromatic nitrogens is 3. The van der Waals surface area contributed by atoms with E-state index in [-0.39, 0.29) is 6.61 Å². The number of ether oxygens (including phenoxy) is 2. The number of rotatable bonds is 8. The normalized spacial score (nSPS) is 10.4. The molecule has 0 saturated carbocycles. The summed E-state index contributed by atoms with van der Waals surface area (Å²) in [6, 6.07) is 7.38. The maximum atomic E-state index is 11.1. The number of para-hydroxylation sites is 2. The predicted octanol–water partition coefficient (Wildman–Crippen LogP) is 2.48. The number of hydrogen-bond donors (Lipinski definition) is 0. The van der Waals surface area contributed by atoms with Crippen LogP contribution in [-0.4, -0.2) is 28.4 Å². The highest BCUT2D eigenvalue weighted by atomic mass is 16.5. The summed E-state index contributed by atoms with van der Waals surface area (Å²) in [6.45, 7) is 3.05. The van der Waals surface area contributed by atoms with Crippen molar-refractivity contribution in [3.63, 3.8) is 0 Å². The molecule has 0 aliphatic rings. The van der Waals surface area contributed by atoms with Crippen LogP contribution in [-0.2, 0) is 13.2 Å². The Bertz CT molecular complexity index is 596. The number of hydrogen-bond acceptors (Lipinski definition) is 5. The number of aryl methyl sites for hydroxylation is 1. The first-order chi connectivity index (χ1) is 10.3. The fraction of sp³-hybridized carbons (Fsp3) is 0.400. The molecule has 1 aromatic carbocycles. The third kappa shape index (κ3) is 3.59. The van der Waals surface area contributed by atoms with E-state index in [4.69, 9.17) is 9.47 Å². The summed E-state index contributed by atoms with van der Waals surface area (Å²) >= 11 is 0. The van der Waals surface area contributed by atoms with Crippen molar-refractivity contribution >= 4 is 6.29 Å². The average molecular weight is 289 g/mol. The lowest BCUT2D eigenvalue weighted by molar-refractivity contribution is 0.111. The van der Waals surface area contributed by atoms with Crippen LogP contribution in [0.2, 0.25) is 0 Å². The van der Waals surface area contributed by atoms with E-state index in [0.717, 1.165) is 19.4 Å². The Morgan fingerprint density at radius 3 is 2.71 bits per heavy atom. The van der Waals surface area contributed by atoms with E-state index >= 15 is 0 Å². The van der Waals surface area contributed by atoms with E-state index < -0.39 is 0 Å². The van der Waals surface area contributed by atoms with Gasteiger partial charge in [-0.15, -0.1) is 5.10 Å². The molecule has 2 aromatic rings. The quantitative estimate of drug-likeness (QED) is 0.698. The first-order valence-corrected chi connectivity index (χ1v) is 6.93. The summed E-state index contributed by atoms with van der Waals surface area (Å²) in [6.07, 6.45) is 2.72. The number of carbonyl (C=O) groups excluding carboxylic acids is 1. The van der Waals surface area contributed by atoms with Crippen molar-refractivity contribution in [2.45, 2.75) is 32.9 Å². The third-order valence-corrected chi connectivity index (χ3v) is 3.14. The Hall–Kier alpha value is -2.37. The van der Waals surface area contributed by atoms with Crippen molar-refractivity contribution in [1.29, 1.82) is 0 Å². The molecule has 0 bridgehead atoms. The summed E-state index contributed by atoms with van der Waals surface area (Å²) in [5, 5.41) is 7.88. The van der Waals surface area contributed by atoms with Crippen molar-refractivity contribution in [2.75, 3.05) is 7.11 Å². The molecular formula is C15H19N3O3. The van der Waals surface area contributed by atoms with E-state index in [1.54, 1.807) is 11.8 Å². The van der Waals surface area contributed by atoms with Gasteiger partial charge in [0.2, 0.25) is 0 Å². The Kier molecular flexibility index (Phi) is 5.31. The Balaban J connectivity index is 2.14. The first kappa shape index (κ1) is 15.0. The molecule has 0 spiro atoms. The van der Waals surface area contributed by atoms with Gasteiger partial charge in [0.05, 0.1) is 7.11 Å². The van der Waals surface area contributed by atoms with Gasteiger partial charge >= 0.3 is 0 Å². The monoisotopic (exact) mass is 289 g/mol. The van der Waals surface area contributed by atoms with Gasteiger partial charge < -0.3 is 9.47 Å². The zero-order chi connectivity index (χ0) is 15.1. The number of methoxy groups -OCH3 is 1. The molecule has 21 heavy (non-hydrogen) atoms. The standard InChI is InChI=1S/C15H19N3O3/c1-3-4-9-18-13(12(10-19)16-17-18)11-21-15-8-6-5-7-14(15)20-2/h5-8,10H,3-4,9,11H2,1-2H3. The van der Waals surface area contributed by atoms with E-state index in [0.29, 0.717) is 29.2 Å². The molecule has 1 aromatic heterocycles. The van der Waals surface area contributed by atoms with Crippen molar-refractivity contribution in [3.05, 3.63) is 35.7 Å². The molecule has 0 aliphatic heterocycles. The second kappa shape index (κ2) is 7.42. The smallest absolute Gasteiger partial charge is 0.172 e. The number of aldehydes is 1. The first-order valence-electron chi connectivity index (χ1n) is 6.93. The van der Waals surface area contributed by atoms with Crippen LogP contribution in [0.3, 0.4) is 0 Å². The second-order valence-corrected chi connectivity index (χ2v) is 4.56. The van der Waals surface area contributed by atoms with Gasteiger partial charge in [0.25, 0.3) is 0 Å². The fourth-order valence-corrected chi connectivity index (χ4v) is 1.96. The Morgan fingerprint density at radius 2 is 2.05 bits per heavy atom. The van der Waals surface area contributed by atoms with Crippen molar-refractivity contribution in [3.8, 4) is 11.5 Å². The molecule has 2 rings (SSSR count). The second-order valence-electron chi connectivity index (χ2n) is 4.56. The molecule has 0 N–H and O–H groups in total. The van der Waals surface area contributed by atoms with Crippen LogP contribution in [0, 0.1) is 0 Å². The minimum absolute atomic E-state index is 0.227. The van der Waals surface area contributed by atoms with E-state index in [1.165, 1.54) is 0 Å². The highest BCUT2D eigenvalue weighted by molar-refractivity contribution is 5.73. The number of benzene rings is 1. The Morgan fingerprint density at radius 1 is 1.29 bits per heavy atom. The van der Waals surface area contributed by atoms with Gasteiger partial charge in [-0.3, -0.25) is 4.79 Å². The molecule has 1 heterocycles. The molecule has 0 atom stereocenters. The summed E-state index contributed by atoms with van der Waals surface area (Å²) in [5.74, 6) is 1.28. The lowest BCUT2D eigenvalue weighted by Gasteiger charge is -2.11. The fourth-order valence-electron chi connectivity index (χ4n) is 1.96. The minimum Gasteiger partial charge on any atom is -0.493 e. The minimum atomic E-state index is 0.227. The zero-order valence-electron chi connectivity index (χ0n) is 12.3. The van der Waals surface area contributed by atoms with Gasteiger partial charge in [0.15, 0.2) is 23.5 Å². The number of carbonyl (C=O) groups is 1. The lowest BCUT2D eigenvalue weighted by Crippen LogP contribution is -2.09. The largest absolute Gasteiger partial charge is 0.493 e. The van der Waals surface area contributed by atoms with Gasteiger partial charge in [-0.05, 0) is 18.6 Å². The summed E-state index contributed by atoms with van der Waals surface area (Å²) in [7, 11) is 1.59. The molecule has 112 valence electrons. The topological polar surface area (TPSA) is 66.2 Å². The van der Waals surface area contributed by atoms with Gasteiger partial charge in [-0.25, -0.2) is 4.68 Å². The molecule has 0 fully saturated rings. The molecule has 0 amide bonds. The van der Waals surface area contributed by atoms with Crippen molar-refractivity contribution in [1.82, 2.24) is 15.0 Å². The van der Waals surface area contributed by atoms with Gasteiger partial charge in [0, 0.05) is 6.54 Å². The highest BCUT2D eigenvalue weighted by Gasteiger charge is 2.13. The van der Waals surface area contributed by atoms with Crippen LogP contribution in [0.15, 0.2) is 24.3 Å². The average Bonchev–Trinajstić information content (AvgIpc) is 2.93. The molecule has 0 aliphatic carbocycles. The van der Waals surface area contributed by atoms with E-state index in [1.807, 2.05) is 24.3 Å². The maximum Gasteiger partial charge on any atom is 0.172 e. The van der Waals surface area contributed by atoms with Crippen LogP contribution in [0.5, 0.6) is 11.5 Å². The highest BCUT2D eigenvalue weighted by Crippen LogP contribution is 2.26. The summed E-state index contributed by atoms with van der Waals surface area (Å²) in [4.78, 5) is 11.1. The van der Waals surface area contributed by atoms with Gasteiger partial charge in [0.1, 0.15) is 12.3 Å². The van der Waals surface area contributed by atoms with Crippen LogP contribution >= 0.6 is 0 Å². The van der Waals surface area contributed by atoms with Crippen LogP contribution in [0.1, 0.15) is 35.9 Å². The van der Waals surface area contributed by atoms with Gasteiger partial charge in [-0.2, -0.15) is 0 Å². The molecule has 6 nitrogen and oxygen atoms in total. The van der Waals surface area contributed by atoms with Gasteiger partial charge in [-0.1, -0.05) is 30.7 Å². The summed E-state index contributed by atoms with van der Waals surface area (Å²) < 4.78 is 12.7. The summed E-state index contributed by atoms with van der Waals surface area (Å²) in [5.41, 5.74) is 1.00.